The van der Waals surface area contributed by atoms with Crippen LogP contribution in [0.3, 0.4) is 0 Å². The largest absolute Gasteiger partial charge is 0.383 e. The summed E-state index contributed by atoms with van der Waals surface area (Å²) in [5, 5.41) is 0. The Labute approximate surface area is 116 Å². The number of benzene rings is 1. The van der Waals surface area contributed by atoms with Gasteiger partial charge in [-0.15, -0.1) is 0 Å². The zero-order chi connectivity index (χ0) is 14.4. The minimum absolute atomic E-state index is 0.211. The zero-order valence-electron chi connectivity index (χ0n) is 12.7. The predicted octanol–water partition coefficient (Wildman–Crippen LogP) is 2.84. The lowest BCUT2D eigenvalue weighted by atomic mass is 10.0. The van der Waals surface area contributed by atoms with Gasteiger partial charge < -0.3 is 9.64 Å². The average Bonchev–Trinajstić information content (AvgIpc) is 2.34. The van der Waals surface area contributed by atoms with E-state index in [0.29, 0.717) is 19.1 Å². The van der Waals surface area contributed by atoms with Gasteiger partial charge in [0.1, 0.15) is 0 Å². The second-order valence-electron chi connectivity index (χ2n) is 5.33. The van der Waals surface area contributed by atoms with Crippen molar-refractivity contribution >= 4 is 5.78 Å². The van der Waals surface area contributed by atoms with Crippen molar-refractivity contribution in [3.05, 3.63) is 34.9 Å². The molecule has 1 aromatic rings. The highest BCUT2D eigenvalue weighted by Crippen LogP contribution is 2.11. The maximum atomic E-state index is 12.2. The fourth-order valence-corrected chi connectivity index (χ4v) is 2.15. The predicted molar refractivity (Wildman–Crippen MR) is 78.8 cm³/mol. The van der Waals surface area contributed by atoms with E-state index in [1.165, 1.54) is 0 Å². The number of likely N-dealkylation sites (N-methyl/N-ethyl adjacent to an activating group) is 1. The molecule has 0 spiro atoms. The number of rotatable bonds is 7. The highest BCUT2D eigenvalue weighted by molar-refractivity contribution is 5.96. The quantitative estimate of drug-likeness (QED) is 0.708. The fraction of sp³-hybridized carbons (Fsp3) is 0.562. The van der Waals surface area contributed by atoms with Gasteiger partial charge >= 0.3 is 0 Å². The van der Waals surface area contributed by atoms with Crippen LogP contribution >= 0.6 is 0 Å². The summed E-state index contributed by atoms with van der Waals surface area (Å²) in [5.74, 6) is 0.211. The molecule has 1 atom stereocenters. The highest BCUT2D eigenvalue weighted by Gasteiger charge is 2.12. The summed E-state index contributed by atoms with van der Waals surface area (Å²) in [5.41, 5.74) is 3.11. The van der Waals surface area contributed by atoms with E-state index in [4.69, 9.17) is 4.74 Å². The molecule has 1 rings (SSSR count). The molecule has 19 heavy (non-hydrogen) atoms. The first-order chi connectivity index (χ1) is 8.93. The second-order valence-corrected chi connectivity index (χ2v) is 5.33. The topological polar surface area (TPSA) is 29.5 Å². The molecule has 0 aliphatic heterocycles. The Hall–Kier alpha value is -1.19. The Morgan fingerprint density at radius 2 is 1.84 bits per heavy atom. The SMILES string of the molecule is COCC(C)N(C)CCC(=O)c1cc(C)cc(C)c1. The molecule has 0 N–H and O–H groups in total. The molecule has 0 amide bonds. The number of carbonyl (C=O) groups excluding carboxylic acids is 1. The molecule has 0 aromatic heterocycles. The molecule has 0 heterocycles. The molecule has 0 fully saturated rings. The van der Waals surface area contributed by atoms with Gasteiger partial charge in [0.15, 0.2) is 5.78 Å². The summed E-state index contributed by atoms with van der Waals surface area (Å²) in [6, 6.07) is 6.35. The van der Waals surface area contributed by atoms with Gasteiger partial charge in [0, 0.05) is 31.7 Å². The van der Waals surface area contributed by atoms with E-state index in [0.717, 1.165) is 23.2 Å². The van der Waals surface area contributed by atoms with E-state index >= 15 is 0 Å². The van der Waals surface area contributed by atoms with Crippen molar-refractivity contribution in [2.24, 2.45) is 0 Å². The smallest absolute Gasteiger partial charge is 0.164 e. The summed E-state index contributed by atoms with van der Waals surface area (Å²) < 4.78 is 5.12. The maximum absolute atomic E-state index is 12.2. The Morgan fingerprint density at radius 3 is 2.37 bits per heavy atom. The molecule has 1 aromatic carbocycles. The zero-order valence-corrected chi connectivity index (χ0v) is 12.7. The number of hydrogen-bond acceptors (Lipinski definition) is 3. The van der Waals surface area contributed by atoms with Gasteiger partial charge in [-0.3, -0.25) is 4.79 Å². The van der Waals surface area contributed by atoms with Gasteiger partial charge in [0.25, 0.3) is 0 Å². The first kappa shape index (κ1) is 15.9. The number of aryl methyl sites for hydroxylation is 2. The van der Waals surface area contributed by atoms with E-state index in [2.05, 4.69) is 17.9 Å². The van der Waals surface area contributed by atoms with Gasteiger partial charge in [-0.2, -0.15) is 0 Å². The number of ether oxygens (including phenoxy) is 1. The molecule has 0 radical (unpaired) electrons. The fourth-order valence-electron chi connectivity index (χ4n) is 2.15. The van der Waals surface area contributed by atoms with Crippen LogP contribution in [0.5, 0.6) is 0 Å². The van der Waals surface area contributed by atoms with Crippen LogP contribution in [0.1, 0.15) is 34.8 Å². The lowest BCUT2D eigenvalue weighted by Crippen LogP contribution is -2.34. The molecular formula is C16H25NO2. The molecule has 0 saturated heterocycles. The highest BCUT2D eigenvalue weighted by atomic mass is 16.5. The van der Waals surface area contributed by atoms with Crippen LogP contribution in [-0.2, 0) is 4.74 Å². The molecule has 0 aliphatic rings. The molecular weight excluding hydrogens is 238 g/mol. The Balaban J connectivity index is 2.55. The molecule has 3 nitrogen and oxygen atoms in total. The maximum Gasteiger partial charge on any atom is 0.164 e. The lowest BCUT2D eigenvalue weighted by Gasteiger charge is -2.23. The number of nitrogens with zero attached hydrogens (tertiary/aromatic N) is 1. The van der Waals surface area contributed by atoms with Crippen LogP contribution in [0.15, 0.2) is 18.2 Å². The monoisotopic (exact) mass is 263 g/mol. The van der Waals surface area contributed by atoms with Crippen molar-refractivity contribution in [3.63, 3.8) is 0 Å². The summed E-state index contributed by atoms with van der Waals surface area (Å²) in [7, 11) is 3.73. The average molecular weight is 263 g/mol. The van der Waals surface area contributed by atoms with Gasteiger partial charge in [0.2, 0.25) is 0 Å². The first-order valence-corrected chi connectivity index (χ1v) is 6.74. The van der Waals surface area contributed by atoms with Crippen molar-refractivity contribution in [1.82, 2.24) is 4.90 Å². The Kier molecular flexibility index (Phi) is 6.19. The van der Waals surface area contributed by atoms with E-state index in [9.17, 15) is 4.79 Å². The van der Waals surface area contributed by atoms with Crippen LogP contribution in [-0.4, -0.2) is 44.0 Å². The van der Waals surface area contributed by atoms with E-state index in [1.807, 2.05) is 33.0 Å². The summed E-state index contributed by atoms with van der Waals surface area (Å²) in [6.45, 7) is 7.60. The van der Waals surface area contributed by atoms with Gasteiger partial charge in [-0.25, -0.2) is 0 Å². The second kappa shape index (κ2) is 7.41. The Morgan fingerprint density at radius 1 is 1.26 bits per heavy atom. The van der Waals surface area contributed by atoms with Crippen molar-refractivity contribution < 1.29 is 9.53 Å². The van der Waals surface area contributed by atoms with Crippen molar-refractivity contribution in [2.45, 2.75) is 33.2 Å². The molecule has 0 aliphatic carbocycles. The van der Waals surface area contributed by atoms with Gasteiger partial charge in [0.05, 0.1) is 6.61 Å². The van der Waals surface area contributed by atoms with Crippen LogP contribution in [0.2, 0.25) is 0 Å². The van der Waals surface area contributed by atoms with Crippen LogP contribution in [0, 0.1) is 13.8 Å². The van der Waals surface area contributed by atoms with Crippen molar-refractivity contribution in [2.75, 3.05) is 27.3 Å². The van der Waals surface area contributed by atoms with E-state index in [1.54, 1.807) is 7.11 Å². The van der Waals surface area contributed by atoms with Crippen LogP contribution in [0.4, 0.5) is 0 Å². The molecule has 106 valence electrons. The first-order valence-electron chi connectivity index (χ1n) is 6.74. The van der Waals surface area contributed by atoms with E-state index in [-0.39, 0.29) is 5.78 Å². The Bertz CT molecular complexity index is 409. The van der Waals surface area contributed by atoms with Gasteiger partial charge in [-0.1, -0.05) is 17.2 Å². The minimum atomic E-state index is 0.211. The number of ketones is 1. The molecule has 1 unspecified atom stereocenters. The number of Topliss-reactive ketones (excluding diaryl/α,β-unsaturated/α-hetero) is 1. The number of carbonyl (C=O) groups is 1. The van der Waals surface area contributed by atoms with E-state index < -0.39 is 0 Å². The molecule has 0 saturated carbocycles. The normalized spacial score (nSPS) is 12.7. The molecule has 3 heteroatoms. The third-order valence-electron chi connectivity index (χ3n) is 3.40. The summed E-state index contributed by atoms with van der Waals surface area (Å²) >= 11 is 0. The summed E-state index contributed by atoms with van der Waals surface area (Å²) in [4.78, 5) is 14.3. The van der Waals surface area contributed by atoms with Crippen molar-refractivity contribution in [3.8, 4) is 0 Å². The standard InChI is InChI=1S/C16H25NO2/c1-12-8-13(2)10-15(9-12)16(18)6-7-17(4)14(3)11-19-5/h8-10,14H,6-7,11H2,1-5H3. The minimum Gasteiger partial charge on any atom is -0.383 e. The van der Waals surface area contributed by atoms with Crippen LogP contribution in [0.25, 0.3) is 0 Å². The third-order valence-corrected chi connectivity index (χ3v) is 3.40. The summed E-state index contributed by atoms with van der Waals surface area (Å²) in [6.07, 6.45) is 0.549. The number of methoxy groups -OCH3 is 1. The lowest BCUT2D eigenvalue weighted by molar-refractivity contribution is 0.0916. The van der Waals surface area contributed by atoms with Crippen molar-refractivity contribution in [1.29, 1.82) is 0 Å². The van der Waals surface area contributed by atoms with Gasteiger partial charge in [-0.05, 0) is 40.0 Å². The van der Waals surface area contributed by atoms with Crippen LogP contribution < -0.4 is 0 Å². The molecule has 0 bridgehead atoms. The number of hydrogen-bond donors (Lipinski definition) is 0. The third kappa shape index (κ3) is 5.13.